The molecule has 0 aromatic heterocycles. The summed E-state index contributed by atoms with van der Waals surface area (Å²) in [6, 6.07) is 8.20. The van der Waals surface area contributed by atoms with E-state index in [1.807, 2.05) is 32.9 Å². The summed E-state index contributed by atoms with van der Waals surface area (Å²) in [5, 5.41) is 8.80. The Morgan fingerprint density at radius 1 is 1.07 bits per heavy atom. The van der Waals surface area contributed by atoms with Gasteiger partial charge >= 0.3 is 0 Å². The van der Waals surface area contributed by atoms with Crippen molar-refractivity contribution in [1.29, 1.82) is 5.26 Å². The van der Waals surface area contributed by atoms with E-state index in [4.69, 9.17) is 5.26 Å². The summed E-state index contributed by atoms with van der Waals surface area (Å²) in [4.78, 5) is 0. The van der Waals surface area contributed by atoms with Crippen LogP contribution in [0, 0.1) is 18.3 Å². The van der Waals surface area contributed by atoms with Gasteiger partial charge in [0.15, 0.2) is 0 Å². The topological polar surface area (TPSA) is 23.8 Å². The van der Waals surface area contributed by atoms with Crippen molar-refractivity contribution in [2.45, 2.75) is 47.0 Å². The third-order valence-corrected chi connectivity index (χ3v) is 2.07. The maximum Gasteiger partial charge on any atom is 0.0991 e. The van der Waals surface area contributed by atoms with Gasteiger partial charge in [0.1, 0.15) is 0 Å². The number of rotatable bonds is 0. The number of hydrogen-bond acceptors (Lipinski definition) is 1. The molecule has 1 aromatic carbocycles. The quantitative estimate of drug-likeness (QED) is 0.620. The maximum atomic E-state index is 8.80. The van der Waals surface area contributed by atoms with E-state index in [0.29, 0.717) is 0 Å². The van der Waals surface area contributed by atoms with E-state index in [1.165, 1.54) is 5.56 Å². The maximum absolute atomic E-state index is 8.80. The largest absolute Gasteiger partial charge is 0.192 e. The van der Waals surface area contributed by atoms with Crippen LogP contribution in [0.5, 0.6) is 0 Å². The molecular weight excluding hydrogens is 182 g/mol. The number of nitrogens with zero attached hydrogens (tertiary/aromatic N) is 1. The monoisotopic (exact) mass is 203 g/mol. The predicted octanol–water partition coefficient (Wildman–Crippen LogP) is 4.19. The Balaban J connectivity index is 0.000000921. The molecule has 0 aliphatic carbocycles. The van der Waals surface area contributed by atoms with Gasteiger partial charge in [-0.15, -0.1) is 0 Å². The van der Waals surface area contributed by atoms with Crippen molar-refractivity contribution in [3.63, 3.8) is 0 Å². The molecule has 0 bridgehead atoms. The van der Waals surface area contributed by atoms with Crippen LogP contribution in [0.4, 0.5) is 0 Å². The van der Waals surface area contributed by atoms with Gasteiger partial charge in [0.2, 0.25) is 0 Å². The Bertz CT molecular complexity index is 351. The van der Waals surface area contributed by atoms with Gasteiger partial charge in [-0.2, -0.15) is 5.26 Å². The highest BCUT2D eigenvalue weighted by Crippen LogP contribution is 2.23. The first kappa shape index (κ1) is 13.7. The Labute approximate surface area is 93.7 Å². The highest BCUT2D eigenvalue weighted by molar-refractivity contribution is 5.39. The predicted molar refractivity (Wildman–Crippen MR) is 65.9 cm³/mol. The van der Waals surface area contributed by atoms with Gasteiger partial charge in [-0.1, -0.05) is 40.7 Å². The van der Waals surface area contributed by atoms with Gasteiger partial charge in [0, 0.05) is 0 Å². The second-order valence-electron chi connectivity index (χ2n) is 4.45. The Morgan fingerprint density at radius 2 is 1.60 bits per heavy atom. The van der Waals surface area contributed by atoms with Gasteiger partial charge in [-0.05, 0) is 35.6 Å². The zero-order valence-corrected chi connectivity index (χ0v) is 10.7. The first-order valence-corrected chi connectivity index (χ1v) is 5.46. The number of hydrogen-bond donors (Lipinski definition) is 0. The van der Waals surface area contributed by atoms with Gasteiger partial charge in [-0.3, -0.25) is 0 Å². The third kappa shape index (κ3) is 4.16. The van der Waals surface area contributed by atoms with E-state index in [1.54, 1.807) is 0 Å². The third-order valence-electron chi connectivity index (χ3n) is 2.07. The van der Waals surface area contributed by atoms with Crippen molar-refractivity contribution < 1.29 is 0 Å². The fourth-order valence-corrected chi connectivity index (χ4v) is 1.28. The van der Waals surface area contributed by atoms with Crippen molar-refractivity contribution in [2.75, 3.05) is 0 Å². The summed E-state index contributed by atoms with van der Waals surface area (Å²) in [7, 11) is 0. The zero-order chi connectivity index (χ0) is 12.1. The molecule has 0 atom stereocenters. The molecule has 1 heteroatoms. The summed E-state index contributed by atoms with van der Waals surface area (Å²) in [6.45, 7) is 12.5. The average molecular weight is 203 g/mol. The van der Waals surface area contributed by atoms with E-state index in [9.17, 15) is 0 Å². The standard InChI is InChI=1S/C12H15N.C2H6/c1-9-5-10(8-13)7-11(6-9)12(2,3)4;1-2/h5-7H,1-4H3;1-2H3. The second kappa shape index (κ2) is 5.56. The van der Waals surface area contributed by atoms with Crippen LogP contribution in [0.2, 0.25) is 0 Å². The summed E-state index contributed by atoms with van der Waals surface area (Å²) in [6.07, 6.45) is 0. The number of aryl methyl sites for hydroxylation is 1. The molecule has 0 heterocycles. The highest BCUT2D eigenvalue weighted by atomic mass is 14.2. The highest BCUT2D eigenvalue weighted by Gasteiger charge is 2.14. The lowest BCUT2D eigenvalue weighted by molar-refractivity contribution is 0.589. The molecule has 0 radical (unpaired) electrons. The lowest BCUT2D eigenvalue weighted by atomic mass is 9.85. The Morgan fingerprint density at radius 3 is 2.00 bits per heavy atom. The van der Waals surface area contributed by atoms with Crippen molar-refractivity contribution in [3.05, 3.63) is 34.9 Å². The van der Waals surface area contributed by atoms with Crippen LogP contribution in [0.25, 0.3) is 0 Å². The van der Waals surface area contributed by atoms with Crippen molar-refractivity contribution in [2.24, 2.45) is 0 Å². The number of nitriles is 1. The van der Waals surface area contributed by atoms with E-state index >= 15 is 0 Å². The molecule has 15 heavy (non-hydrogen) atoms. The molecular formula is C14H21N. The minimum atomic E-state index is 0.123. The summed E-state index contributed by atoms with van der Waals surface area (Å²) < 4.78 is 0. The van der Waals surface area contributed by atoms with Crippen LogP contribution in [-0.4, -0.2) is 0 Å². The van der Waals surface area contributed by atoms with Crippen LogP contribution in [0.15, 0.2) is 18.2 Å². The van der Waals surface area contributed by atoms with Crippen molar-refractivity contribution in [3.8, 4) is 6.07 Å². The van der Waals surface area contributed by atoms with E-state index in [0.717, 1.165) is 11.1 Å². The molecule has 0 amide bonds. The van der Waals surface area contributed by atoms with Crippen LogP contribution < -0.4 is 0 Å². The van der Waals surface area contributed by atoms with Crippen LogP contribution in [-0.2, 0) is 5.41 Å². The molecule has 0 saturated heterocycles. The molecule has 0 fully saturated rings. The summed E-state index contributed by atoms with van der Waals surface area (Å²) >= 11 is 0. The lowest BCUT2D eigenvalue weighted by Crippen LogP contribution is -2.11. The number of benzene rings is 1. The van der Waals surface area contributed by atoms with Crippen LogP contribution in [0.1, 0.15) is 51.3 Å². The second-order valence-corrected chi connectivity index (χ2v) is 4.45. The molecule has 1 aromatic rings. The van der Waals surface area contributed by atoms with Gasteiger partial charge in [0.05, 0.1) is 11.6 Å². The molecule has 0 N–H and O–H groups in total. The van der Waals surface area contributed by atoms with Crippen LogP contribution in [0.3, 0.4) is 0 Å². The van der Waals surface area contributed by atoms with E-state index in [2.05, 4.69) is 32.9 Å². The lowest BCUT2D eigenvalue weighted by Gasteiger charge is -2.19. The average Bonchev–Trinajstić information content (AvgIpc) is 2.18. The normalized spacial score (nSPS) is 9.93. The fraction of sp³-hybridized carbons (Fsp3) is 0.500. The smallest absolute Gasteiger partial charge is 0.0991 e. The van der Waals surface area contributed by atoms with E-state index in [-0.39, 0.29) is 5.41 Å². The molecule has 1 nitrogen and oxygen atoms in total. The van der Waals surface area contributed by atoms with Gasteiger partial charge in [0.25, 0.3) is 0 Å². The van der Waals surface area contributed by atoms with Crippen molar-refractivity contribution >= 4 is 0 Å². The Kier molecular flexibility index (Phi) is 5.08. The first-order valence-electron chi connectivity index (χ1n) is 5.46. The molecule has 0 unspecified atom stereocenters. The molecule has 1 rings (SSSR count). The minimum Gasteiger partial charge on any atom is -0.192 e. The minimum absolute atomic E-state index is 0.123. The molecule has 0 spiro atoms. The van der Waals surface area contributed by atoms with Gasteiger partial charge < -0.3 is 0 Å². The van der Waals surface area contributed by atoms with E-state index < -0.39 is 0 Å². The van der Waals surface area contributed by atoms with Crippen LogP contribution >= 0.6 is 0 Å². The summed E-state index contributed by atoms with van der Waals surface area (Å²) in [5.74, 6) is 0. The molecule has 0 saturated carbocycles. The zero-order valence-electron chi connectivity index (χ0n) is 10.7. The molecule has 0 aliphatic rings. The van der Waals surface area contributed by atoms with Crippen molar-refractivity contribution in [1.82, 2.24) is 0 Å². The SMILES string of the molecule is CC.Cc1cc(C#N)cc(C(C)(C)C)c1. The Hall–Kier alpha value is -1.29. The first-order chi connectivity index (χ1) is 6.93. The molecule has 82 valence electrons. The summed E-state index contributed by atoms with van der Waals surface area (Å²) in [5.41, 5.74) is 3.26. The fourth-order valence-electron chi connectivity index (χ4n) is 1.28. The molecule has 0 aliphatic heterocycles. The van der Waals surface area contributed by atoms with Gasteiger partial charge in [-0.25, -0.2) is 0 Å².